The summed E-state index contributed by atoms with van der Waals surface area (Å²) in [6.07, 6.45) is 6.94. The lowest BCUT2D eigenvalue weighted by molar-refractivity contribution is 0.0929. The second-order valence-corrected chi connectivity index (χ2v) is 5.01. The first-order valence-corrected chi connectivity index (χ1v) is 6.82. The van der Waals surface area contributed by atoms with Gasteiger partial charge in [0.05, 0.1) is 5.56 Å². The van der Waals surface area contributed by atoms with Crippen molar-refractivity contribution in [3.63, 3.8) is 0 Å². The highest BCUT2D eigenvalue weighted by atomic mass is 16.1. The molecule has 0 aliphatic carbocycles. The Morgan fingerprint density at radius 1 is 1.53 bits per heavy atom. The lowest BCUT2D eigenvalue weighted by Gasteiger charge is -2.32. The monoisotopic (exact) mass is 262 g/mol. The summed E-state index contributed by atoms with van der Waals surface area (Å²) < 4.78 is 0. The summed E-state index contributed by atoms with van der Waals surface area (Å²) in [6.45, 7) is 1.82. The number of pyridine rings is 1. The van der Waals surface area contributed by atoms with Gasteiger partial charge >= 0.3 is 0 Å². The second-order valence-electron chi connectivity index (χ2n) is 5.01. The molecule has 1 aromatic rings. The molecule has 5 heteroatoms. The van der Waals surface area contributed by atoms with Crippen molar-refractivity contribution in [2.75, 3.05) is 32.5 Å². The van der Waals surface area contributed by atoms with Crippen LogP contribution in [0.1, 0.15) is 29.6 Å². The minimum absolute atomic E-state index is 0.0589. The lowest BCUT2D eigenvalue weighted by Crippen LogP contribution is -2.44. The second kappa shape index (κ2) is 6.52. The molecule has 1 saturated heterocycles. The van der Waals surface area contributed by atoms with Crippen molar-refractivity contribution in [3.8, 4) is 0 Å². The molecule has 0 saturated carbocycles. The summed E-state index contributed by atoms with van der Waals surface area (Å²) in [5, 5.41) is 6.03. The molecule has 19 heavy (non-hydrogen) atoms. The molecule has 0 radical (unpaired) electrons. The van der Waals surface area contributed by atoms with E-state index in [0.717, 1.165) is 18.7 Å². The van der Waals surface area contributed by atoms with E-state index in [1.165, 1.54) is 12.8 Å². The van der Waals surface area contributed by atoms with Gasteiger partial charge in [0.1, 0.15) is 0 Å². The van der Waals surface area contributed by atoms with E-state index in [1.807, 2.05) is 6.07 Å². The number of nitrogens with one attached hydrogen (secondary N) is 2. The van der Waals surface area contributed by atoms with Crippen molar-refractivity contribution in [2.45, 2.75) is 25.3 Å². The summed E-state index contributed by atoms with van der Waals surface area (Å²) in [5.74, 6) is -0.0589. The summed E-state index contributed by atoms with van der Waals surface area (Å²) in [5.41, 5.74) is 1.41. The normalized spacial score (nSPS) is 20.0. The predicted molar refractivity (Wildman–Crippen MR) is 76.4 cm³/mol. The summed E-state index contributed by atoms with van der Waals surface area (Å²) in [6, 6.07) is 2.26. The van der Waals surface area contributed by atoms with E-state index in [2.05, 4.69) is 27.6 Å². The highest BCUT2D eigenvalue weighted by molar-refractivity contribution is 5.99. The molecule has 5 nitrogen and oxygen atoms in total. The van der Waals surface area contributed by atoms with Crippen molar-refractivity contribution in [2.24, 2.45) is 0 Å². The van der Waals surface area contributed by atoms with Crippen LogP contribution in [-0.4, -0.2) is 49.0 Å². The molecule has 0 aromatic carbocycles. The number of likely N-dealkylation sites (tertiary alicyclic amines) is 1. The molecule has 1 aliphatic heterocycles. The van der Waals surface area contributed by atoms with Crippen LogP contribution in [0.15, 0.2) is 18.5 Å². The van der Waals surface area contributed by atoms with Gasteiger partial charge in [0.25, 0.3) is 5.91 Å². The van der Waals surface area contributed by atoms with Crippen LogP contribution in [0.3, 0.4) is 0 Å². The van der Waals surface area contributed by atoms with E-state index in [0.29, 0.717) is 18.2 Å². The quantitative estimate of drug-likeness (QED) is 0.859. The number of hydrogen-bond acceptors (Lipinski definition) is 4. The van der Waals surface area contributed by atoms with E-state index in [-0.39, 0.29) is 5.91 Å². The average Bonchev–Trinajstić information content (AvgIpc) is 2.46. The number of rotatable bonds is 4. The van der Waals surface area contributed by atoms with Crippen molar-refractivity contribution < 1.29 is 4.79 Å². The molecule has 2 N–H and O–H groups in total. The Morgan fingerprint density at radius 2 is 2.37 bits per heavy atom. The van der Waals surface area contributed by atoms with E-state index in [9.17, 15) is 4.79 Å². The number of carbonyl (C=O) groups is 1. The van der Waals surface area contributed by atoms with E-state index in [1.54, 1.807) is 19.4 Å². The van der Waals surface area contributed by atoms with Crippen LogP contribution >= 0.6 is 0 Å². The number of amides is 1. The third-order valence-electron chi connectivity index (χ3n) is 3.75. The van der Waals surface area contributed by atoms with Crippen LogP contribution in [0, 0.1) is 0 Å². The minimum Gasteiger partial charge on any atom is -0.387 e. The Hall–Kier alpha value is -1.62. The van der Waals surface area contributed by atoms with Gasteiger partial charge in [-0.1, -0.05) is 6.42 Å². The topological polar surface area (TPSA) is 57.3 Å². The maximum absolute atomic E-state index is 12.2. The van der Waals surface area contributed by atoms with Gasteiger partial charge in [0.2, 0.25) is 0 Å². The van der Waals surface area contributed by atoms with Gasteiger partial charge in [0, 0.05) is 37.7 Å². The van der Waals surface area contributed by atoms with Crippen molar-refractivity contribution in [3.05, 3.63) is 24.0 Å². The van der Waals surface area contributed by atoms with E-state index in [4.69, 9.17) is 0 Å². The van der Waals surface area contributed by atoms with Gasteiger partial charge in [-0.2, -0.15) is 0 Å². The Balaban J connectivity index is 1.93. The zero-order valence-electron chi connectivity index (χ0n) is 11.6. The molecule has 1 atom stereocenters. The van der Waals surface area contributed by atoms with E-state index < -0.39 is 0 Å². The molecule has 1 unspecified atom stereocenters. The lowest BCUT2D eigenvalue weighted by atomic mass is 10.0. The van der Waals surface area contributed by atoms with Gasteiger partial charge in [-0.3, -0.25) is 9.78 Å². The Kier molecular flexibility index (Phi) is 4.74. The van der Waals surface area contributed by atoms with Crippen molar-refractivity contribution in [1.29, 1.82) is 0 Å². The van der Waals surface area contributed by atoms with Gasteiger partial charge in [-0.25, -0.2) is 0 Å². The Bertz CT molecular complexity index is 435. The molecular weight excluding hydrogens is 240 g/mol. The van der Waals surface area contributed by atoms with Crippen molar-refractivity contribution >= 4 is 11.6 Å². The molecule has 0 bridgehead atoms. The zero-order valence-corrected chi connectivity index (χ0v) is 11.6. The standard InChI is InChI=1S/C14H22N4O/c1-15-13-6-7-16-10-12(13)14(19)17-9-11-5-3-4-8-18(11)2/h6-7,10-11H,3-5,8-9H2,1-2H3,(H,15,16)(H,17,19). The summed E-state index contributed by atoms with van der Waals surface area (Å²) in [4.78, 5) is 18.5. The average molecular weight is 262 g/mol. The molecule has 2 rings (SSSR count). The van der Waals surface area contributed by atoms with Gasteiger partial charge in [-0.05, 0) is 32.5 Å². The van der Waals surface area contributed by atoms with Crippen LogP contribution in [-0.2, 0) is 0 Å². The summed E-state index contributed by atoms with van der Waals surface area (Å²) >= 11 is 0. The maximum Gasteiger partial charge on any atom is 0.255 e. The molecule has 1 amide bonds. The molecule has 0 spiro atoms. The van der Waals surface area contributed by atoms with Gasteiger partial charge in [-0.15, -0.1) is 0 Å². The number of piperidine rings is 1. The third kappa shape index (κ3) is 3.44. The molecular formula is C14H22N4O. The maximum atomic E-state index is 12.2. The number of nitrogens with zero attached hydrogens (tertiary/aromatic N) is 2. The molecule has 1 aromatic heterocycles. The van der Waals surface area contributed by atoms with Crippen LogP contribution < -0.4 is 10.6 Å². The fraction of sp³-hybridized carbons (Fsp3) is 0.571. The van der Waals surface area contributed by atoms with E-state index >= 15 is 0 Å². The van der Waals surface area contributed by atoms with Crippen LogP contribution in [0.4, 0.5) is 5.69 Å². The highest BCUT2D eigenvalue weighted by Gasteiger charge is 2.20. The number of carbonyl (C=O) groups excluding carboxylic acids is 1. The molecule has 1 fully saturated rings. The summed E-state index contributed by atoms with van der Waals surface area (Å²) in [7, 11) is 3.93. The predicted octanol–water partition coefficient (Wildman–Crippen LogP) is 1.34. The fourth-order valence-corrected chi connectivity index (χ4v) is 2.50. The first-order valence-electron chi connectivity index (χ1n) is 6.82. The number of aromatic nitrogens is 1. The van der Waals surface area contributed by atoms with Crippen molar-refractivity contribution in [1.82, 2.24) is 15.2 Å². The molecule has 2 heterocycles. The molecule has 104 valence electrons. The number of hydrogen-bond donors (Lipinski definition) is 2. The SMILES string of the molecule is CNc1ccncc1C(=O)NCC1CCCCN1C. The number of anilines is 1. The van der Waals surface area contributed by atoms with Gasteiger partial charge < -0.3 is 15.5 Å². The van der Waals surface area contributed by atoms with Crippen LogP contribution in [0.25, 0.3) is 0 Å². The first kappa shape index (κ1) is 13.8. The fourth-order valence-electron chi connectivity index (χ4n) is 2.50. The van der Waals surface area contributed by atoms with Crippen LogP contribution in [0.2, 0.25) is 0 Å². The van der Waals surface area contributed by atoms with Crippen LogP contribution in [0.5, 0.6) is 0 Å². The Morgan fingerprint density at radius 3 is 3.11 bits per heavy atom. The largest absolute Gasteiger partial charge is 0.387 e. The highest BCUT2D eigenvalue weighted by Crippen LogP contribution is 2.15. The third-order valence-corrected chi connectivity index (χ3v) is 3.75. The first-order chi connectivity index (χ1) is 9.22. The number of likely N-dealkylation sites (N-methyl/N-ethyl adjacent to an activating group) is 1. The van der Waals surface area contributed by atoms with Gasteiger partial charge in [0.15, 0.2) is 0 Å². The minimum atomic E-state index is -0.0589. The smallest absolute Gasteiger partial charge is 0.255 e. The molecule has 1 aliphatic rings. The zero-order chi connectivity index (χ0) is 13.7. The Labute approximate surface area is 114 Å².